The number of rotatable bonds is 3. The van der Waals surface area contributed by atoms with Gasteiger partial charge in [0, 0.05) is 10.5 Å². The maximum Gasteiger partial charge on any atom is 0.330 e. The fraction of sp³-hybridized carbons (Fsp3) is 0.182. The van der Waals surface area contributed by atoms with Gasteiger partial charge in [-0.1, -0.05) is 17.7 Å². The Balaban J connectivity index is 2.72. The highest BCUT2D eigenvalue weighted by molar-refractivity contribution is 9.10. The number of ether oxygens (including phenoxy) is 1. The van der Waals surface area contributed by atoms with Gasteiger partial charge in [-0.25, -0.2) is 4.79 Å². The SMILES string of the molecule is CCOC(=O)C=Cc1ccc(Cl)c(Br)c1. The van der Waals surface area contributed by atoms with Crippen LogP contribution in [0.2, 0.25) is 5.02 Å². The standard InChI is InChI=1S/C11H10BrClO2/c1-2-15-11(14)6-4-8-3-5-10(13)9(12)7-8/h3-7H,2H2,1H3. The highest BCUT2D eigenvalue weighted by Crippen LogP contribution is 2.23. The van der Waals surface area contributed by atoms with Gasteiger partial charge in [0.25, 0.3) is 0 Å². The van der Waals surface area contributed by atoms with Crippen molar-refractivity contribution in [2.75, 3.05) is 6.61 Å². The summed E-state index contributed by atoms with van der Waals surface area (Å²) in [4.78, 5) is 11.0. The Morgan fingerprint density at radius 3 is 2.93 bits per heavy atom. The summed E-state index contributed by atoms with van der Waals surface area (Å²) in [7, 11) is 0. The molecule has 0 saturated heterocycles. The zero-order chi connectivity index (χ0) is 11.3. The molecule has 0 aromatic heterocycles. The van der Waals surface area contributed by atoms with E-state index in [-0.39, 0.29) is 5.97 Å². The fourth-order valence-electron chi connectivity index (χ4n) is 0.971. The molecule has 0 fully saturated rings. The monoisotopic (exact) mass is 288 g/mol. The second-order valence-electron chi connectivity index (χ2n) is 2.76. The van der Waals surface area contributed by atoms with Gasteiger partial charge in [0.15, 0.2) is 0 Å². The molecule has 2 nitrogen and oxygen atoms in total. The van der Waals surface area contributed by atoms with E-state index in [1.165, 1.54) is 6.08 Å². The predicted molar refractivity (Wildman–Crippen MR) is 64.8 cm³/mol. The minimum absolute atomic E-state index is 0.344. The number of carbonyl (C=O) groups is 1. The number of hydrogen-bond acceptors (Lipinski definition) is 2. The molecule has 1 rings (SSSR count). The largest absolute Gasteiger partial charge is 0.463 e. The first kappa shape index (κ1) is 12.3. The molecule has 1 aromatic rings. The van der Waals surface area contributed by atoms with Gasteiger partial charge in [-0.3, -0.25) is 0 Å². The van der Waals surface area contributed by atoms with E-state index in [4.69, 9.17) is 16.3 Å². The number of hydrogen-bond donors (Lipinski definition) is 0. The third kappa shape index (κ3) is 4.06. The molecule has 4 heteroatoms. The van der Waals surface area contributed by atoms with E-state index < -0.39 is 0 Å². The molecular formula is C11H10BrClO2. The minimum Gasteiger partial charge on any atom is -0.463 e. The molecule has 0 aliphatic carbocycles. The zero-order valence-corrected chi connectivity index (χ0v) is 10.5. The van der Waals surface area contributed by atoms with Crippen LogP contribution < -0.4 is 0 Å². The van der Waals surface area contributed by atoms with E-state index >= 15 is 0 Å². The first-order valence-corrected chi connectivity index (χ1v) is 5.60. The van der Waals surface area contributed by atoms with E-state index in [0.717, 1.165) is 10.0 Å². The van der Waals surface area contributed by atoms with Crippen LogP contribution in [0.1, 0.15) is 12.5 Å². The molecule has 0 N–H and O–H groups in total. The molecule has 1 aromatic carbocycles. The minimum atomic E-state index is -0.344. The predicted octanol–water partition coefficient (Wildman–Crippen LogP) is 3.68. The van der Waals surface area contributed by atoms with Crippen LogP contribution >= 0.6 is 27.5 Å². The molecule has 0 radical (unpaired) electrons. The summed E-state index contributed by atoms with van der Waals surface area (Å²) >= 11 is 9.13. The van der Waals surface area contributed by atoms with E-state index in [0.29, 0.717) is 11.6 Å². The smallest absolute Gasteiger partial charge is 0.330 e. The number of halogens is 2. The molecular weight excluding hydrogens is 279 g/mol. The lowest BCUT2D eigenvalue weighted by Crippen LogP contribution is -1.98. The van der Waals surface area contributed by atoms with Gasteiger partial charge >= 0.3 is 5.97 Å². The van der Waals surface area contributed by atoms with Crippen LogP contribution in [0.25, 0.3) is 6.08 Å². The molecule has 0 saturated carbocycles. The van der Waals surface area contributed by atoms with Crippen molar-refractivity contribution in [2.45, 2.75) is 6.92 Å². The second-order valence-corrected chi connectivity index (χ2v) is 4.02. The average Bonchev–Trinajstić information content (AvgIpc) is 2.20. The molecule has 15 heavy (non-hydrogen) atoms. The lowest BCUT2D eigenvalue weighted by molar-refractivity contribution is -0.137. The van der Waals surface area contributed by atoms with Gasteiger partial charge in [-0.15, -0.1) is 0 Å². The maximum absolute atomic E-state index is 11.0. The summed E-state index contributed by atoms with van der Waals surface area (Å²) in [6.45, 7) is 2.15. The normalized spacial score (nSPS) is 10.6. The third-order valence-electron chi connectivity index (χ3n) is 1.64. The van der Waals surface area contributed by atoms with Gasteiger partial charge in [-0.2, -0.15) is 0 Å². The first-order chi connectivity index (χ1) is 7.13. The van der Waals surface area contributed by atoms with Crippen molar-refractivity contribution in [3.63, 3.8) is 0 Å². The lowest BCUT2D eigenvalue weighted by atomic mass is 10.2. The number of carbonyl (C=O) groups excluding carboxylic acids is 1. The van der Waals surface area contributed by atoms with Crippen LogP contribution in [0.5, 0.6) is 0 Å². The van der Waals surface area contributed by atoms with Crippen molar-refractivity contribution >= 4 is 39.6 Å². The average molecular weight is 290 g/mol. The van der Waals surface area contributed by atoms with Gasteiger partial charge in [0.1, 0.15) is 0 Å². The Labute approximate surface area is 102 Å². The summed E-state index contributed by atoms with van der Waals surface area (Å²) in [5, 5.41) is 0.642. The van der Waals surface area contributed by atoms with Crippen molar-refractivity contribution in [3.8, 4) is 0 Å². The first-order valence-electron chi connectivity index (χ1n) is 4.43. The molecule has 0 unspecified atom stereocenters. The van der Waals surface area contributed by atoms with Crippen molar-refractivity contribution < 1.29 is 9.53 Å². The molecule has 0 aliphatic rings. The molecule has 0 amide bonds. The summed E-state index contributed by atoms with van der Waals surface area (Å²) in [5.74, 6) is -0.344. The van der Waals surface area contributed by atoms with E-state index in [1.54, 1.807) is 19.1 Å². The summed E-state index contributed by atoms with van der Waals surface area (Å²) in [6, 6.07) is 5.41. The fourth-order valence-corrected chi connectivity index (χ4v) is 1.48. The quantitative estimate of drug-likeness (QED) is 0.627. The Bertz CT molecular complexity index is 388. The van der Waals surface area contributed by atoms with E-state index in [1.807, 2.05) is 12.1 Å². The third-order valence-corrected chi connectivity index (χ3v) is 2.86. The van der Waals surface area contributed by atoms with Gasteiger partial charge < -0.3 is 4.74 Å². The molecule has 0 spiro atoms. The lowest BCUT2D eigenvalue weighted by Gasteiger charge is -1.98. The van der Waals surface area contributed by atoms with Gasteiger partial charge in [0.05, 0.1) is 11.6 Å². The van der Waals surface area contributed by atoms with Crippen molar-refractivity contribution in [2.24, 2.45) is 0 Å². The molecule has 0 atom stereocenters. The van der Waals surface area contributed by atoms with Crippen LogP contribution in [0.15, 0.2) is 28.7 Å². The van der Waals surface area contributed by atoms with Gasteiger partial charge in [0.2, 0.25) is 0 Å². The highest BCUT2D eigenvalue weighted by atomic mass is 79.9. The Hall–Kier alpha value is -0.800. The van der Waals surface area contributed by atoms with Crippen molar-refractivity contribution in [3.05, 3.63) is 39.3 Å². The zero-order valence-electron chi connectivity index (χ0n) is 8.17. The van der Waals surface area contributed by atoms with E-state index in [9.17, 15) is 4.79 Å². The Kier molecular flexibility index (Phi) is 4.85. The summed E-state index contributed by atoms with van der Waals surface area (Å²) in [6.07, 6.45) is 3.07. The molecule has 0 heterocycles. The van der Waals surface area contributed by atoms with Crippen LogP contribution in [-0.4, -0.2) is 12.6 Å². The Morgan fingerprint density at radius 2 is 2.33 bits per heavy atom. The van der Waals surface area contributed by atoms with Crippen LogP contribution in [0.3, 0.4) is 0 Å². The molecule has 0 bridgehead atoms. The highest BCUT2D eigenvalue weighted by Gasteiger charge is 1.97. The topological polar surface area (TPSA) is 26.3 Å². The summed E-state index contributed by atoms with van der Waals surface area (Å²) in [5.41, 5.74) is 0.888. The van der Waals surface area contributed by atoms with Crippen molar-refractivity contribution in [1.29, 1.82) is 0 Å². The van der Waals surface area contributed by atoms with Crippen LogP contribution in [-0.2, 0) is 9.53 Å². The summed E-state index contributed by atoms with van der Waals surface area (Å²) < 4.78 is 5.56. The Morgan fingerprint density at radius 1 is 1.60 bits per heavy atom. The molecule has 0 aliphatic heterocycles. The molecule has 80 valence electrons. The van der Waals surface area contributed by atoms with Crippen LogP contribution in [0.4, 0.5) is 0 Å². The van der Waals surface area contributed by atoms with Crippen LogP contribution in [0, 0.1) is 0 Å². The number of esters is 1. The van der Waals surface area contributed by atoms with Crippen molar-refractivity contribution in [1.82, 2.24) is 0 Å². The van der Waals surface area contributed by atoms with Gasteiger partial charge in [-0.05, 0) is 46.6 Å². The number of benzene rings is 1. The second kappa shape index (κ2) is 5.93. The van der Waals surface area contributed by atoms with E-state index in [2.05, 4.69) is 15.9 Å². The maximum atomic E-state index is 11.0.